The summed E-state index contributed by atoms with van der Waals surface area (Å²) in [5.74, 6) is 0.821. The minimum Gasteiger partial charge on any atom is -0.490 e. The van der Waals surface area contributed by atoms with Crippen LogP contribution in [-0.4, -0.2) is 25.0 Å². The van der Waals surface area contributed by atoms with Crippen molar-refractivity contribution in [3.8, 4) is 11.5 Å². The molecule has 0 radical (unpaired) electrons. The van der Waals surface area contributed by atoms with E-state index < -0.39 is 0 Å². The number of hydrogen-bond donors (Lipinski definition) is 2. The Kier molecular flexibility index (Phi) is 7.67. The van der Waals surface area contributed by atoms with Gasteiger partial charge in [-0.1, -0.05) is 19.9 Å². The third-order valence-corrected chi connectivity index (χ3v) is 3.69. The van der Waals surface area contributed by atoms with E-state index in [1.165, 1.54) is 0 Å². The molecule has 0 unspecified atom stereocenters. The van der Waals surface area contributed by atoms with E-state index in [1.54, 1.807) is 49.4 Å². The van der Waals surface area contributed by atoms with Crippen molar-refractivity contribution in [1.29, 1.82) is 0 Å². The third kappa shape index (κ3) is 6.02. The van der Waals surface area contributed by atoms with Crippen molar-refractivity contribution >= 4 is 23.2 Å². The van der Waals surface area contributed by atoms with Gasteiger partial charge >= 0.3 is 0 Å². The second-order valence-electron chi connectivity index (χ2n) is 5.88. The molecule has 144 valence electrons. The van der Waals surface area contributed by atoms with Crippen molar-refractivity contribution in [2.24, 2.45) is 0 Å². The molecule has 0 aliphatic carbocycles. The minimum atomic E-state index is -0.267. The predicted octanol–water partition coefficient (Wildman–Crippen LogP) is 4.47. The van der Waals surface area contributed by atoms with Gasteiger partial charge in [0.2, 0.25) is 5.91 Å². The molecule has 2 aromatic rings. The molecule has 0 bridgehead atoms. The van der Waals surface area contributed by atoms with Gasteiger partial charge in [0.25, 0.3) is 5.91 Å². The van der Waals surface area contributed by atoms with Crippen LogP contribution in [0.2, 0.25) is 0 Å². The SMILES string of the molecule is CCCOc1ccc(C(=O)Nc2cccc(NC(=O)CC)c2)cc1OCC. The Labute approximate surface area is 159 Å². The van der Waals surface area contributed by atoms with E-state index >= 15 is 0 Å². The molecule has 2 rings (SSSR count). The smallest absolute Gasteiger partial charge is 0.255 e. The maximum atomic E-state index is 12.6. The molecule has 0 aliphatic rings. The summed E-state index contributed by atoms with van der Waals surface area (Å²) in [7, 11) is 0. The van der Waals surface area contributed by atoms with E-state index in [0.29, 0.717) is 48.1 Å². The van der Waals surface area contributed by atoms with E-state index in [-0.39, 0.29) is 11.8 Å². The van der Waals surface area contributed by atoms with E-state index in [4.69, 9.17) is 9.47 Å². The highest BCUT2D eigenvalue weighted by molar-refractivity contribution is 6.05. The van der Waals surface area contributed by atoms with Gasteiger partial charge in [-0.15, -0.1) is 0 Å². The summed E-state index contributed by atoms with van der Waals surface area (Å²) in [6.07, 6.45) is 1.28. The Morgan fingerprint density at radius 2 is 1.63 bits per heavy atom. The Hall–Kier alpha value is -3.02. The summed E-state index contributed by atoms with van der Waals surface area (Å²) in [5.41, 5.74) is 1.70. The van der Waals surface area contributed by atoms with Crippen molar-refractivity contribution in [3.63, 3.8) is 0 Å². The van der Waals surface area contributed by atoms with Gasteiger partial charge in [-0.25, -0.2) is 0 Å². The van der Waals surface area contributed by atoms with Crippen molar-refractivity contribution in [2.45, 2.75) is 33.6 Å². The molecule has 0 atom stereocenters. The van der Waals surface area contributed by atoms with Crippen molar-refractivity contribution in [3.05, 3.63) is 48.0 Å². The zero-order valence-corrected chi connectivity index (χ0v) is 16.0. The highest BCUT2D eigenvalue weighted by Gasteiger charge is 2.12. The Balaban J connectivity index is 2.14. The van der Waals surface area contributed by atoms with Crippen LogP contribution in [0.5, 0.6) is 11.5 Å². The molecule has 0 heterocycles. The van der Waals surface area contributed by atoms with Crippen LogP contribution in [0, 0.1) is 0 Å². The number of amides is 2. The zero-order valence-electron chi connectivity index (χ0n) is 16.0. The van der Waals surface area contributed by atoms with Crippen LogP contribution in [0.4, 0.5) is 11.4 Å². The standard InChI is InChI=1S/C21H26N2O4/c1-4-12-27-18-11-10-15(13-19(18)26-6-3)21(25)23-17-9-7-8-16(14-17)22-20(24)5-2/h7-11,13-14H,4-6,12H2,1-3H3,(H,22,24)(H,23,25). The number of hydrogen-bond acceptors (Lipinski definition) is 4. The van der Waals surface area contributed by atoms with Gasteiger partial charge in [0.1, 0.15) is 0 Å². The lowest BCUT2D eigenvalue weighted by atomic mass is 10.1. The molecule has 27 heavy (non-hydrogen) atoms. The molecule has 6 heteroatoms. The maximum Gasteiger partial charge on any atom is 0.255 e. The predicted molar refractivity (Wildman–Crippen MR) is 107 cm³/mol. The molecule has 2 amide bonds. The summed E-state index contributed by atoms with van der Waals surface area (Å²) in [5, 5.41) is 5.61. The zero-order chi connectivity index (χ0) is 19.6. The second kappa shape index (κ2) is 10.2. The lowest BCUT2D eigenvalue weighted by Crippen LogP contribution is -2.13. The first-order valence-corrected chi connectivity index (χ1v) is 9.18. The number of benzene rings is 2. The van der Waals surface area contributed by atoms with Gasteiger partial charge in [-0.3, -0.25) is 9.59 Å². The molecular weight excluding hydrogens is 344 g/mol. The van der Waals surface area contributed by atoms with Gasteiger partial charge in [-0.05, 0) is 49.7 Å². The number of ether oxygens (including phenoxy) is 2. The van der Waals surface area contributed by atoms with Crippen molar-refractivity contribution in [2.75, 3.05) is 23.8 Å². The molecule has 2 aromatic carbocycles. The number of carbonyl (C=O) groups excluding carboxylic acids is 2. The van der Waals surface area contributed by atoms with Crippen LogP contribution in [0.1, 0.15) is 44.0 Å². The molecule has 0 spiro atoms. The number of rotatable bonds is 9. The van der Waals surface area contributed by atoms with Crippen molar-refractivity contribution in [1.82, 2.24) is 0 Å². The normalized spacial score (nSPS) is 10.2. The average molecular weight is 370 g/mol. The number of anilines is 2. The topological polar surface area (TPSA) is 76.7 Å². The van der Waals surface area contributed by atoms with Crippen LogP contribution in [0.15, 0.2) is 42.5 Å². The summed E-state index contributed by atoms with van der Waals surface area (Å²) >= 11 is 0. The first-order chi connectivity index (χ1) is 13.1. The minimum absolute atomic E-state index is 0.0810. The maximum absolute atomic E-state index is 12.6. The highest BCUT2D eigenvalue weighted by atomic mass is 16.5. The van der Waals surface area contributed by atoms with E-state index in [1.807, 2.05) is 13.8 Å². The fraction of sp³-hybridized carbons (Fsp3) is 0.333. The molecule has 2 N–H and O–H groups in total. The van der Waals surface area contributed by atoms with Crippen molar-refractivity contribution < 1.29 is 19.1 Å². The van der Waals surface area contributed by atoms with Gasteiger partial charge in [0, 0.05) is 23.4 Å². The number of nitrogens with one attached hydrogen (secondary N) is 2. The third-order valence-electron chi connectivity index (χ3n) is 3.69. The fourth-order valence-corrected chi connectivity index (χ4v) is 2.38. The van der Waals surface area contributed by atoms with Gasteiger partial charge in [-0.2, -0.15) is 0 Å². The Morgan fingerprint density at radius 1 is 0.889 bits per heavy atom. The van der Waals surface area contributed by atoms with E-state index in [2.05, 4.69) is 10.6 Å². The molecule has 0 aliphatic heterocycles. The van der Waals surface area contributed by atoms with Crippen LogP contribution in [0.25, 0.3) is 0 Å². The van der Waals surface area contributed by atoms with E-state index in [9.17, 15) is 9.59 Å². The quantitative estimate of drug-likeness (QED) is 0.682. The summed E-state index contributed by atoms with van der Waals surface area (Å²) in [4.78, 5) is 24.1. The molecular formula is C21H26N2O4. The molecule has 0 saturated heterocycles. The van der Waals surface area contributed by atoms with Gasteiger partial charge in [0.15, 0.2) is 11.5 Å². The van der Waals surface area contributed by atoms with Crippen LogP contribution in [-0.2, 0) is 4.79 Å². The Morgan fingerprint density at radius 3 is 2.30 bits per heavy atom. The monoisotopic (exact) mass is 370 g/mol. The Bertz CT molecular complexity index is 790. The van der Waals surface area contributed by atoms with Gasteiger partial charge in [0.05, 0.1) is 13.2 Å². The summed E-state index contributed by atoms with van der Waals surface area (Å²) in [6.45, 7) is 6.76. The summed E-state index contributed by atoms with van der Waals surface area (Å²) < 4.78 is 11.3. The molecule has 0 fully saturated rings. The second-order valence-corrected chi connectivity index (χ2v) is 5.88. The molecule has 0 saturated carbocycles. The summed E-state index contributed by atoms with van der Waals surface area (Å²) in [6, 6.07) is 12.1. The molecule has 6 nitrogen and oxygen atoms in total. The van der Waals surface area contributed by atoms with E-state index in [0.717, 1.165) is 6.42 Å². The van der Waals surface area contributed by atoms with Crippen LogP contribution < -0.4 is 20.1 Å². The van der Waals surface area contributed by atoms with Crippen LogP contribution >= 0.6 is 0 Å². The first kappa shape index (κ1) is 20.3. The first-order valence-electron chi connectivity index (χ1n) is 9.18. The highest BCUT2D eigenvalue weighted by Crippen LogP contribution is 2.29. The largest absolute Gasteiger partial charge is 0.490 e. The average Bonchev–Trinajstić information content (AvgIpc) is 2.67. The van der Waals surface area contributed by atoms with Crippen LogP contribution in [0.3, 0.4) is 0 Å². The van der Waals surface area contributed by atoms with Gasteiger partial charge < -0.3 is 20.1 Å². The molecule has 0 aromatic heterocycles. The lowest BCUT2D eigenvalue weighted by Gasteiger charge is -2.13. The lowest BCUT2D eigenvalue weighted by molar-refractivity contribution is -0.115. The number of carbonyl (C=O) groups is 2. The fourth-order valence-electron chi connectivity index (χ4n) is 2.38.